The molecule has 13 heteroatoms. The van der Waals surface area contributed by atoms with Crippen LogP contribution in [0.25, 0.3) is 10.2 Å². The van der Waals surface area contributed by atoms with Gasteiger partial charge in [-0.15, -0.1) is 0 Å². The van der Waals surface area contributed by atoms with Gasteiger partial charge in [-0.2, -0.15) is 4.31 Å². The number of methoxy groups -OCH3 is 2. The third-order valence-electron chi connectivity index (χ3n) is 6.95. The number of rotatable bonds is 14. The Balaban J connectivity index is 1.59. The quantitative estimate of drug-likeness (QED) is 0.266. The van der Waals surface area contributed by atoms with Gasteiger partial charge in [0.15, 0.2) is 5.13 Å². The van der Waals surface area contributed by atoms with E-state index in [0.717, 1.165) is 41.8 Å². The molecule has 2 aromatic carbocycles. The van der Waals surface area contributed by atoms with Crippen LogP contribution < -0.4 is 4.90 Å². The minimum absolute atomic E-state index is 0.0996. The monoisotopic (exact) mass is 624 g/mol. The van der Waals surface area contributed by atoms with Crippen molar-refractivity contribution in [2.75, 3.05) is 84.8 Å². The molecule has 1 amide bonds. The largest absolute Gasteiger partial charge is 0.383 e. The summed E-state index contributed by atoms with van der Waals surface area (Å²) in [4.78, 5) is 22.8. The number of sulfonamides is 1. The number of morpholine rings is 1. The number of aromatic nitrogens is 1. The molecule has 1 aliphatic heterocycles. The van der Waals surface area contributed by atoms with Gasteiger partial charge >= 0.3 is 0 Å². The standard InChI is InChI=1S/C28H37ClN4O6S2/c1-21-5-10-24(29)26-25(21)30-28(40-26)33(12-4-11-31-13-19-39-20-14-31)27(34)22-6-8-23(9-7-22)41(35,36)32(15-17-37-2)16-18-38-3/h5-10H,4,11-20H2,1-3H3. The number of hydrogen-bond donors (Lipinski definition) is 0. The molecule has 4 rings (SSSR count). The first kappa shape index (κ1) is 31.8. The van der Waals surface area contributed by atoms with Crippen molar-refractivity contribution in [2.45, 2.75) is 18.2 Å². The molecule has 1 fully saturated rings. The molecule has 0 atom stereocenters. The van der Waals surface area contributed by atoms with Gasteiger partial charge in [0.1, 0.15) is 0 Å². The molecule has 1 saturated heterocycles. The zero-order chi connectivity index (χ0) is 29.4. The summed E-state index contributed by atoms with van der Waals surface area (Å²) in [7, 11) is -0.761. The van der Waals surface area contributed by atoms with Crippen LogP contribution >= 0.6 is 22.9 Å². The topological polar surface area (TPSA) is 102 Å². The predicted molar refractivity (Wildman–Crippen MR) is 162 cm³/mol. The Hall–Kier alpha value is -2.16. The van der Waals surface area contributed by atoms with E-state index in [-0.39, 0.29) is 37.1 Å². The van der Waals surface area contributed by atoms with E-state index in [4.69, 9.17) is 30.8 Å². The lowest BCUT2D eigenvalue weighted by Gasteiger charge is -2.27. The lowest BCUT2D eigenvalue weighted by Crippen LogP contribution is -2.39. The highest BCUT2D eigenvalue weighted by Gasteiger charge is 2.26. The molecule has 3 aromatic rings. The maximum Gasteiger partial charge on any atom is 0.260 e. The zero-order valence-corrected chi connectivity index (χ0v) is 26.1. The average molecular weight is 625 g/mol. The molecule has 224 valence electrons. The molecular weight excluding hydrogens is 588 g/mol. The first-order valence-corrected chi connectivity index (χ1v) is 16.2. The molecule has 1 aliphatic rings. The highest BCUT2D eigenvalue weighted by Crippen LogP contribution is 2.36. The van der Waals surface area contributed by atoms with E-state index in [1.165, 1.54) is 42.0 Å². The van der Waals surface area contributed by atoms with E-state index in [1.807, 2.05) is 19.1 Å². The van der Waals surface area contributed by atoms with E-state index in [1.54, 1.807) is 17.0 Å². The molecule has 0 spiro atoms. The summed E-state index contributed by atoms with van der Waals surface area (Å²) in [6.45, 7) is 7.30. The predicted octanol–water partition coefficient (Wildman–Crippen LogP) is 3.91. The van der Waals surface area contributed by atoms with Gasteiger partial charge in [0.2, 0.25) is 10.0 Å². The number of anilines is 1. The third-order valence-corrected chi connectivity index (χ3v) is 10.4. The molecule has 2 heterocycles. The number of hydrogen-bond acceptors (Lipinski definition) is 9. The molecule has 10 nitrogen and oxygen atoms in total. The molecule has 0 saturated carbocycles. The number of carbonyl (C=O) groups is 1. The van der Waals surface area contributed by atoms with Crippen molar-refractivity contribution in [1.82, 2.24) is 14.2 Å². The van der Waals surface area contributed by atoms with Crippen LogP contribution in [0.15, 0.2) is 41.3 Å². The first-order valence-electron chi connectivity index (χ1n) is 13.5. The van der Waals surface area contributed by atoms with E-state index < -0.39 is 10.0 Å². The van der Waals surface area contributed by atoms with E-state index in [2.05, 4.69) is 4.90 Å². The lowest BCUT2D eigenvalue weighted by atomic mass is 10.2. The summed E-state index contributed by atoms with van der Waals surface area (Å²) in [5.41, 5.74) is 2.13. The van der Waals surface area contributed by atoms with E-state index in [9.17, 15) is 13.2 Å². The second-order valence-corrected chi connectivity index (χ2v) is 13.0. The highest BCUT2D eigenvalue weighted by molar-refractivity contribution is 7.89. The van der Waals surface area contributed by atoms with E-state index in [0.29, 0.717) is 35.5 Å². The van der Waals surface area contributed by atoms with Crippen molar-refractivity contribution in [3.8, 4) is 0 Å². The summed E-state index contributed by atoms with van der Waals surface area (Å²) in [6.07, 6.45) is 0.745. The number of amides is 1. The van der Waals surface area contributed by atoms with Crippen LogP contribution in [0.1, 0.15) is 22.3 Å². The highest BCUT2D eigenvalue weighted by atomic mass is 35.5. The van der Waals surface area contributed by atoms with Gasteiger partial charge in [-0.25, -0.2) is 13.4 Å². The summed E-state index contributed by atoms with van der Waals surface area (Å²) in [5, 5.41) is 1.15. The second-order valence-electron chi connectivity index (χ2n) is 9.72. The number of carbonyl (C=O) groups excluding carboxylic acids is 1. The van der Waals surface area contributed by atoms with Crippen LogP contribution in [0.3, 0.4) is 0 Å². The van der Waals surface area contributed by atoms with E-state index >= 15 is 0 Å². The van der Waals surface area contributed by atoms with Crippen LogP contribution in [0, 0.1) is 6.92 Å². The average Bonchev–Trinajstić information content (AvgIpc) is 3.44. The minimum Gasteiger partial charge on any atom is -0.383 e. The second kappa shape index (κ2) is 14.8. The fourth-order valence-corrected chi connectivity index (χ4v) is 7.33. The summed E-state index contributed by atoms with van der Waals surface area (Å²) in [5.74, 6) is -0.251. The van der Waals surface area contributed by atoms with Gasteiger partial charge in [-0.1, -0.05) is 29.0 Å². The molecular formula is C28H37ClN4O6S2. The van der Waals surface area contributed by atoms with Crippen LogP contribution in [0.5, 0.6) is 0 Å². The van der Waals surface area contributed by atoms with Crippen molar-refractivity contribution in [2.24, 2.45) is 0 Å². The van der Waals surface area contributed by atoms with Crippen molar-refractivity contribution in [1.29, 1.82) is 0 Å². The molecule has 0 unspecified atom stereocenters. The number of thiazole rings is 1. The maximum absolute atomic E-state index is 13.9. The fourth-order valence-electron chi connectivity index (χ4n) is 4.58. The molecule has 0 bridgehead atoms. The van der Waals surface area contributed by atoms with Crippen molar-refractivity contribution < 1.29 is 27.4 Å². The number of halogens is 1. The molecule has 0 radical (unpaired) electrons. The maximum atomic E-state index is 13.9. The number of fused-ring (bicyclic) bond motifs is 1. The SMILES string of the molecule is COCCN(CCOC)S(=O)(=O)c1ccc(C(=O)N(CCCN2CCOCC2)c2nc3c(C)ccc(Cl)c3s2)cc1. The van der Waals surface area contributed by atoms with Crippen molar-refractivity contribution in [3.63, 3.8) is 0 Å². The van der Waals surface area contributed by atoms with Crippen molar-refractivity contribution in [3.05, 3.63) is 52.5 Å². The number of aryl methyl sites for hydroxylation is 1. The van der Waals surface area contributed by atoms with Gasteiger partial charge in [-0.05, 0) is 49.2 Å². The summed E-state index contributed by atoms with van der Waals surface area (Å²) < 4.78 is 44.4. The smallest absolute Gasteiger partial charge is 0.260 e. The lowest BCUT2D eigenvalue weighted by molar-refractivity contribution is 0.0376. The molecule has 0 aliphatic carbocycles. The summed E-state index contributed by atoms with van der Waals surface area (Å²) in [6, 6.07) is 9.82. The Labute approximate surface area is 250 Å². The van der Waals surface area contributed by atoms with Gasteiger partial charge < -0.3 is 14.2 Å². The Bertz CT molecular complexity index is 1360. The van der Waals surface area contributed by atoms with Crippen LogP contribution in [-0.4, -0.2) is 108 Å². The Morgan fingerprint density at radius 1 is 1.05 bits per heavy atom. The van der Waals surface area contributed by atoms with Crippen molar-refractivity contribution >= 4 is 54.2 Å². The van der Waals surface area contributed by atoms with Crippen LogP contribution in [0.2, 0.25) is 5.02 Å². The third kappa shape index (κ3) is 7.82. The Kier molecular flexibility index (Phi) is 11.5. The Morgan fingerprint density at radius 3 is 2.32 bits per heavy atom. The number of ether oxygens (including phenoxy) is 3. The Morgan fingerprint density at radius 2 is 1.71 bits per heavy atom. The number of benzene rings is 2. The normalized spacial score (nSPS) is 14.7. The van der Waals surface area contributed by atoms with Crippen LogP contribution in [0.4, 0.5) is 5.13 Å². The number of nitrogens with zero attached hydrogens (tertiary/aromatic N) is 4. The van der Waals surface area contributed by atoms with Gasteiger partial charge in [0.25, 0.3) is 5.91 Å². The molecule has 41 heavy (non-hydrogen) atoms. The zero-order valence-electron chi connectivity index (χ0n) is 23.7. The fraction of sp³-hybridized carbons (Fsp3) is 0.500. The first-order chi connectivity index (χ1) is 19.8. The minimum atomic E-state index is -3.81. The van der Waals surface area contributed by atoms with Gasteiger partial charge in [-0.3, -0.25) is 14.6 Å². The van der Waals surface area contributed by atoms with Crippen LogP contribution in [-0.2, 0) is 24.2 Å². The van der Waals surface area contributed by atoms with Gasteiger partial charge in [0.05, 0.1) is 46.6 Å². The van der Waals surface area contributed by atoms with Gasteiger partial charge in [0, 0.05) is 59.1 Å². The molecule has 1 aromatic heterocycles. The summed E-state index contributed by atoms with van der Waals surface area (Å²) >= 11 is 7.85. The molecule has 0 N–H and O–H groups in total.